The van der Waals surface area contributed by atoms with Crippen LogP contribution in [0, 0.1) is 11.6 Å². The SMILES string of the molecule is O=C1Nc2cc(F)ccc2C1C=Nc1ccc(NCC2CCCO2)c(F)c1. The Labute approximate surface area is 155 Å². The van der Waals surface area contributed by atoms with E-state index in [2.05, 4.69) is 15.6 Å². The fraction of sp³-hybridized carbons (Fsp3) is 0.300. The van der Waals surface area contributed by atoms with E-state index in [-0.39, 0.29) is 12.0 Å². The molecule has 2 aromatic rings. The Balaban J connectivity index is 1.45. The largest absolute Gasteiger partial charge is 0.380 e. The highest BCUT2D eigenvalue weighted by Crippen LogP contribution is 2.32. The second kappa shape index (κ2) is 7.44. The number of anilines is 2. The Hall–Kier alpha value is -2.80. The molecule has 2 heterocycles. The van der Waals surface area contributed by atoms with Crippen molar-refractivity contribution >= 4 is 29.2 Å². The molecule has 0 aliphatic carbocycles. The number of hydrogen-bond donors (Lipinski definition) is 2. The number of amides is 1. The fourth-order valence-electron chi connectivity index (χ4n) is 3.33. The number of fused-ring (bicyclic) bond motifs is 1. The number of halogens is 2. The zero-order chi connectivity index (χ0) is 18.8. The predicted octanol–water partition coefficient (Wildman–Crippen LogP) is 3.99. The number of nitrogens with one attached hydrogen (secondary N) is 2. The molecule has 0 aromatic heterocycles. The van der Waals surface area contributed by atoms with Crippen molar-refractivity contribution in [2.75, 3.05) is 23.8 Å². The zero-order valence-corrected chi connectivity index (χ0v) is 14.5. The van der Waals surface area contributed by atoms with Gasteiger partial charge in [0.2, 0.25) is 5.91 Å². The maximum Gasteiger partial charge on any atom is 0.237 e. The molecule has 5 nitrogen and oxygen atoms in total. The van der Waals surface area contributed by atoms with Gasteiger partial charge in [0, 0.05) is 31.1 Å². The fourth-order valence-corrected chi connectivity index (χ4v) is 3.33. The average Bonchev–Trinajstić information content (AvgIpc) is 3.26. The maximum atomic E-state index is 14.3. The number of ether oxygens (including phenoxy) is 1. The van der Waals surface area contributed by atoms with Crippen LogP contribution in [0.25, 0.3) is 0 Å². The lowest BCUT2D eigenvalue weighted by Gasteiger charge is -2.12. The third-order valence-electron chi connectivity index (χ3n) is 4.76. The van der Waals surface area contributed by atoms with Crippen LogP contribution in [0.1, 0.15) is 24.3 Å². The summed E-state index contributed by atoms with van der Waals surface area (Å²) in [7, 11) is 0. The third kappa shape index (κ3) is 3.83. The van der Waals surface area contributed by atoms with E-state index < -0.39 is 17.6 Å². The molecule has 2 N–H and O–H groups in total. The first-order valence-electron chi connectivity index (χ1n) is 8.90. The first-order valence-corrected chi connectivity index (χ1v) is 8.90. The topological polar surface area (TPSA) is 62.7 Å². The molecule has 2 atom stereocenters. The highest BCUT2D eigenvalue weighted by atomic mass is 19.1. The van der Waals surface area contributed by atoms with E-state index in [9.17, 15) is 13.6 Å². The van der Waals surface area contributed by atoms with Crippen LogP contribution in [0.3, 0.4) is 0 Å². The molecular weight excluding hydrogens is 352 g/mol. The van der Waals surface area contributed by atoms with Crippen molar-refractivity contribution < 1.29 is 18.3 Å². The summed E-state index contributed by atoms with van der Waals surface area (Å²) >= 11 is 0. The van der Waals surface area contributed by atoms with Gasteiger partial charge in [-0.2, -0.15) is 0 Å². The monoisotopic (exact) mass is 371 g/mol. The molecule has 0 spiro atoms. The average molecular weight is 371 g/mol. The van der Waals surface area contributed by atoms with E-state index in [1.165, 1.54) is 24.4 Å². The Morgan fingerprint density at radius 1 is 1.26 bits per heavy atom. The first kappa shape index (κ1) is 17.6. The van der Waals surface area contributed by atoms with Gasteiger partial charge in [-0.05, 0) is 42.7 Å². The molecule has 1 saturated heterocycles. The quantitative estimate of drug-likeness (QED) is 0.781. The Kier molecular flexibility index (Phi) is 4.85. The Bertz CT molecular complexity index is 895. The normalized spacial score (nSPS) is 21.5. The van der Waals surface area contributed by atoms with Gasteiger partial charge in [-0.25, -0.2) is 8.78 Å². The minimum Gasteiger partial charge on any atom is -0.380 e. The Morgan fingerprint density at radius 2 is 2.15 bits per heavy atom. The molecule has 1 amide bonds. The standard InChI is InChI=1S/C20H19F2N3O2/c21-12-3-5-15-16(20(26)25-19(15)8-12)11-23-13-4-6-18(17(22)9-13)24-10-14-2-1-7-27-14/h3-6,8-9,11,14,16,24H,1-2,7,10H2,(H,25,26). The third-order valence-corrected chi connectivity index (χ3v) is 4.76. The molecule has 27 heavy (non-hydrogen) atoms. The summed E-state index contributed by atoms with van der Waals surface area (Å²) in [6, 6.07) is 8.74. The molecule has 140 valence electrons. The van der Waals surface area contributed by atoms with E-state index in [1.54, 1.807) is 18.2 Å². The van der Waals surface area contributed by atoms with E-state index >= 15 is 0 Å². The summed E-state index contributed by atoms with van der Waals surface area (Å²) in [6.45, 7) is 1.32. The van der Waals surface area contributed by atoms with Gasteiger partial charge in [0.25, 0.3) is 0 Å². The van der Waals surface area contributed by atoms with E-state index in [4.69, 9.17) is 4.74 Å². The highest BCUT2D eigenvalue weighted by molar-refractivity contribution is 6.12. The van der Waals surface area contributed by atoms with Crippen LogP contribution in [0.5, 0.6) is 0 Å². The molecule has 1 fully saturated rings. The summed E-state index contributed by atoms with van der Waals surface area (Å²) in [5.74, 6) is -1.74. The summed E-state index contributed by atoms with van der Waals surface area (Å²) in [5.41, 5.74) is 1.89. The van der Waals surface area contributed by atoms with E-state index in [0.29, 0.717) is 29.2 Å². The molecule has 4 rings (SSSR count). The summed E-state index contributed by atoms with van der Waals surface area (Å²) < 4.78 is 33.1. The molecule has 0 bridgehead atoms. The van der Waals surface area contributed by atoms with Crippen molar-refractivity contribution in [3.63, 3.8) is 0 Å². The van der Waals surface area contributed by atoms with Crippen LogP contribution >= 0.6 is 0 Å². The zero-order valence-electron chi connectivity index (χ0n) is 14.5. The highest BCUT2D eigenvalue weighted by Gasteiger charge is 2.29. The molecule has 0 saturated carbocycles. The predicted molar refractivity (Wildman–Crippen MR) is 99.8 cm³/mol. The first-order chi connectivity index (χ1) is 13.1. The molecule has 2 aliphatic rings. The molecule has 0 radical (unpaired) electrons. The minimum absolute atomic E-state index is 0.118. The second-order valence-corrected chi connectivity index (χ2v) is 6.66. The number of hydrogen-bond acceptors (Lipinski definition) is 4. The molecule has 7 heteroatoms. The van der Waals surface area contributed by atoms with Gasteiger partial charge in [-0.3, -0.25) is 9.79 Å². The lowest BCUT2D eigenvalue weighted by Crippen LogP contribution is -2.18. The van der Waals surface area contributed by atoms with Gasteiger partial charge in [0.1, 0.15) is 17.6 Å². The molecule has 2 aromatic carbocycles. The van der Waals surface area contributed by atoms with Gasteiger partial charge in [-0.1, -0.05) is 6.07 Å². The summed E-state index contributed by atoms with van der Waals surface area (Å²) in [4.78, 5) is 16.3. The van der Waals surface area contributed by atoms with Crippen molar-refractivity contribution in [3.05, 3.63) is 53.6 Å². The van der Waals surface area contributed by atoms with Crippen LogP contribution < -0.4 is 10.6 Å². The van der Waals surface area contributed by atoms with Gasteiger partial charge in [0.05, 0.1) is 17.5 Å². The molecule has 2 unspecified atom stereocenters. The van der Waals surface area contributed by atoms with Crippen LogP contribution in [-0.2, 0) is 9.53 Å². The second-order valence-electron chi connectivity index (χ2n) is 6.66. The number of carbonyl (C=O) groups is 1. The number of benzene rings is 2. The number of rotatable bonds is 5. The lowest BCUT2D eigenvalue weighted by atomic mass is 10.0. The molecule has 2 aliphatic heterocycles. The van der Waals surface area contributed by atoms with E-state index in [0.717, 1.165) is 19.4 Å². The summed E-state index contributed by atoms with van der Waals surface area (Å²) in [5, 5.41) is 5.68. The van der Waals surface area contributed by atoms with Gasteiger partial charge < -0.3 is 15.4 Å². The van der Waals surface area contributed by atoms with Crippen LogP contribution in [0.15, 0.2) is 41.4 Å². The van der Waals surface area contributed by atoms with Gasteiger partial charge in [-0.15, -0.1) is 0 Å². The Morgan fingerprint density at radius 3 is 2.93 bits per heavy atom. The van der Waals surface area contributed by atoms with Crippen molar-refractivity contribution in [1.29, 1.82) is 0 Å². The van der Waals surface area contributed by atoms with Crippen LogP contribution in [0.4, 0.5) is 25.8 Å². The van der Waals surface area contributed by atoms with Crippen LogP contribution in [-0.4, -0.2) is 31.4 Å². The van der Waals surface area contributed by atoms with Crippen molar-refractivity contribution in [2.45, 2.75) is 24.9 Å². The minimum atomic E-state index is -0.624. The van der Waals surface area contributed by atoms with Crippen molar-refractivity contribution in [2.24, 2.45) is 4.99 Å². The maximum absolute atomic E-state index is 14.3. The number of carbonyl (C=O) groups excluding carboxylic acids is 1. The number of nitrogens with zero attached hydrogens (tertiary/aromatic N) is 1. The smallest absolute Gasteiger partial charge is 0.237 e. The van der Waals surface area contributed by atoms with Crippen molar-refractivity contribution in [1.82, 2.24) is 0 Å². The van der Waals surface area contributed by atoms with Crippen LogP contribution in [0.2, 0.25) is 0 Å². The summed E-state index contributed by atoms with van der Waals surface area (Å²) in [6.07, 6.45) is 3.58. The van der Waals surface area contributed by atoms with E-state index in [1.807, 2.05) is 0 Å². The van der Waals surface area contributed by atoms with Gasteiger partial charge in [0.15, 0.2) is 0 Å². The number of aliphatic imine (C=N–C) groups is 1. The van der Waals surface area contributed by atoms with Gasteiger partial charge >= 0.3 is 0 Å². The lowest BCUT2D eigenvalue weighted by molar-refractivity contribution is -0.115. The molecular formula is C20H19F2N3O2. The van der Waals surface area contributed by atoms with Crippen molar-refractivity contribution in [3.8, 4) is 0 Å².